The Kier molecular flexibility index (Phi) is 3.20. The fraction of sp³-hybridized carbons (Fsp3) is 0.300. The first-order valence-corrected chi connectivity index (χ1v) is 5.22. The van der Waals surface area contributed by atoms with Crippen LogP contribution in [0.4, 0.5) is 5.82 Å². The Balaban J connectivity index is 2.03. The van der Waals surface area contributed by atoms with Crippen LogP contribution < -0.4 is 11.1 Å². The van der Waals surface area contributed by atoms with E-state index >= 15 is 0 Å². The van der Waals surface area contributed by atoms with Crippen molar-refractivity contribution in [1.29, 1.82) is 0 Å². The lowest BCUT2D eigenvalue weighted by molar-refractivity contribution is 0.102. The van der Waals surface area contributed by atoms with Crippen molar-refractivity contribution in [2.45, 2.75) is 6.54 Å². The van der Waals surface area contributed by atoms with Crippen LogP contribution in [0.2, 0.25) is 0 Å². The first kappa shape index (κ1) is 11.3. The van der Waals surface area contributed by atoms with Crippen LogP contribution in [0.1, 0.15) is 10.5 Å². The number of carbonyl (C=O) groups excluding carboxylic acids is 1. The van der Waals surface area contributed by atoms with Crippen LogP contribution in [0, 0.1) is 0 Å². The second-order valence-electron chi connectivity index (χ2n) is 3.61. The Morgan fingerprint density at radius 3 is 3.06 bits per heavy atom. The van der Waals surface area contributed by atoms with Crippen molar-refractivity contribution in [3.05, 3.63) is 30.5 Å². The molecule has 3 N–H and O–H groups in total. The molecule has 0 aliphatic heterocycles. The number of aryl methyl sites for hydroxylation is 1. The van der Waals surface area contributed by atoms with Gasteiger partial charge in [-0.1, -0.05) is 0 Å². The van der Waals surface area contributed by atoms with E-state index in [1.165, 1.54) is 0 Å². The lowest BCUT2D eigenvalue weighted by Gasteiger charge is -1.98. The summed E-state index contributed by atoms with van der Waals surface area (Å²) in [6.45, 7) is 1.15. The molecular formula is C10H14N6O. The van der Waals surface area contributed by atoms with Gasteiger partial charge in [-0.05, 0) is 0 Å². The molecule has 1 amide bonds. The van der Waals surface area contributed by atoms with Gasteiger partial charge in [0.2, 0.25) is 0 Å². The third-order valence-corrected chi connectivity index (χ3v) is 2.21. The average Bonchev–Trinajstić information content (AvgIpc) is 2.88. The number of nitrogens with zero attached hydrogens (tertiary/aromatic N) is 4. The molecule has 7 nitrogen and oxygen atoms in total. The van der Waals surface area contributed by atoms with Crippen molar-refractivity contribution in [3.8, 4) is 0 Å². The first-order chi connectivity index (χ1) is 8.19. The van der Waals surface area contributed by atoms with Gasteiger partial charge in [-0.25, -0.2) is 4.98 Å². The Morgan fingerprint density at radius 1 is 1.59 bits per heavy atom. The molecule has 0 fully saturated rings. The summed E-state index contributed by atoms with van der Waals surface area (Å²) in [5.74, 6) is 0.227. The van der Waals surface area contributed by atoms with Crippen LogP contribution in [-0.2, 0) is 13.6 Å². The van der Waals surface area contributed by atoms with Gasteiger partial charge in [-0.2, -0.15) is 5.10 Å². The molecule has 2 rings (SSSR count). The highest BCUT2D eigenvalue weighted by Crippen LogP contribution is 2.04. The predicted octanol–water partition coefficient (Wildman–Crippen LogP) is -0.172. The van der Waals surface area contributed by atoms with Gasteiger partial charge < -0.3 is 15.6 Å². The van der Waals surface area contributed by atoms with Gasteiger partial charge in [0, 0.05) is 38.6 Å². The van der Waals surface area contributed by atoms with Crippen molar-refractivity contribution in [3.63, 3.8) is 0 Å². The van der Waals surface area contributed by atoms with E-state index in [2.05, 4.69) is 15.4 Å². The zero-order chi connectivity index (χ0) is 12.3. The second-order valence-corrected chi connectivity index (χ2v) is 3.61. The number of amides is 1. The van der Waals surface area contributed by atoms with E-state index in [4.69, 9.17) is 5.73 Å². The largest absolute Gasteiger partial charge is 0.335 e. The zero-order valence-electron chi connectivity index (χ0n) is 9.50. The summed E-state index contributed by atoms with van der Waals surface area (Å²) in [5, 5.41) is 6.71. The normalized spacial score (nSPS) is 10.5. The number of nitrogens with two attached hydrogens (primary N) is 1. The van der Waals surface area contributed by atoms with Gasteiger partial charge in [-0.3, -0.25) is 9.48 Å². The Hall–Kier alpha value is -2.15. The van der Waals surface area contributed by atoms with Crippen LogP contribution >= 0.6 is 0 Å². The number of hydrogen-bond donors (Lipinski definition) is 2. The number of imidazole rings is 1. The number of hydrogen-bond acceptors (Lipinski definition) is 4. The lowest BCUT2D eigenvalue weighted by Crippen LogP contribution is -2.13. The summed E-state index contributed by atoms with van der Waals surface area (Å²) in [7, 11) is 1.78. The number of carbonyl (C=O) groups is 1. The highest BCUT2D eigenvalue weighted by molar-refractivity contribution is 6.02. The van der Waals surface area contributed by atoms with Crippen LogP contribution in [0.3, 0.4) is 0 Å². The average molecular weight is 234 g/mol. The number of nitrogens with one attached hydrogen (secondary N) is 1. The first-order valence-electron chi connectivity index (χ1n) is 5.22. The van der Waals surface area contributed by atoms with Crippen LogP contribution in [0.15, 0.2) is 24.8 Å². The maximum atomic E-state index is 11.8. The summed E-state index contributed by atoms with van der Waals surface area (Å²) in [4.78, 5) is 15.8. The van der Waals surface area contributed by atoms with E-state index < -0.39 is 0 Å². The smallest absolute Gasteiger partial charge is 0.277 e. The standard InChI is InChI=1S/C10H14N6O/c1-15-4-2-9(14-15)13-10(17)8-6-16(5-3-11)7-12-8/h2,4,6-7H,3,5,11H2,1H3,(H,13,14,17). The Morgan fingerprint density at radius 2 is 2.41 bits per heavy atom. The molecule has 2 aromatic heterocycles. The van der Waals surface area contributed by atoms with E-state index in [0.29, 0.717) is 24.6 Å². The SMILES string of the molecule is Cn1ccc(NC(=O)c2cn(CCN)cn2)n1. The highest BCUT2D eigenvalue weighted by Gasteiger charge is 2.10. The summed E-state index contributed by atoms with van der Waals surface area (Å²) in [6, 6.07) is 1.72. The van der Waals surface area contributed by atoms with E-state index in [9.17, 15) is 4.79 Å². The number of anilines is 1. The van der Waals surface area contributed by atoms with E-state index in [-0.39, 0.29) is 5.91 Å². The molecule has 0 atom stereocenters. The zero-order valence-corrected chi connectivity index (χ0v) is 9.50. The highest BCUT2D eigenvalue weighted by atomic mass is 16.2. The quantitative estimate of drug-likeness (QED) is 0.768. The molecule has 2 aromatic rings. The third kappa shape index (κ3) is 2.70. The minimum Gasteiger partial charge on any atom is -0.335 e. The number of aromatic nitrogens is 4. The molecule has 7 heteroatoms. The predicted molar refractivity (Wildman–Crippen MR) is 62.4 cm³/mol. The van der Waals surface area contributed by atoms with Crippen LogP contribution in [0.5, 0.6) is 0 Å². The summed E-state index contributed by atoms with van der Waals surface area (Å²) in [6.07, 6.45) is 4.99. The van der Waals surface area contributed by atoms with E-state index in [1.807, 2.05) is 0 Å². The molecule has 0 saturated carbocycles. The van der Waals surface area contributed by atoms with Crippen molar-refractivity contribution in [2.24, 2.45) is 12.8 Å². The minimum absolute atomic E-state index is 0.278. The lowest BCUT2D eigenvalue weighted by atomic mass is 10.4. The molecule has 0 aromatic carbocycles. The molecule has 0 radical (unpaired) electrons. The molecule has 0 aliphatic rings. The monoisotopic (exact) mass is 234 g/mol. The molecule has 0 bridgehead atoms. The molecule has 0 saturated heterocycles. The molecule has 2 heterocycles. The van der Waals surface area contributed by atoms with Gasteiger partial charge in [-0.15, -0.1) is 0 Å². The summed E-state index contributed by atoms with van der Waals surface area (Å²) in [5.41, 5.74) is 5.76. The molecule has 0 aliphatic carbocycles. The molecule has 17 heavy (non-hydrogen) atoms. The fourth-order valence-corrected chi connectivity index (χ4v) is 1.41. The number of rotatable bonds is 4. The minimum atomic E-state index is -0.278. The van der Waals surface area contributed by atoms with Gasteiger partial charge in [0.15, 0.2) is 5.82 Å². The van der Waals surface area contributed by atoms with E-state index in [0.717, 1.165) is 0 Å². The summed E-state index contributed by atoms with van der Waals surface area (Å²) < 4.78 is 3.38. The van der Waals surface area contributed by atoms with Gasteiger partial charge in [0.1, 0.15) is 5.69 Å². The van der Waals surface area contributed by atoms with Crippen molar-refractivity contribution >= 4 is 11.7 Å². The van der Waals surface area contributed by atoms with Gasteiger partial charge in [0.05, 0.1) is 6.33 Å². The van der Waals surface area contributed by atoms with Crippen molar-refractivity contribution < 1.29 is 4.79 Å². The molecule has 0 spiro atoms. The van der Waals surface area contributed by atoms with Gasteiger partial charge in [0.25, 0.3) is 5.91 Å². The molecule has 90 valence electrons. The summed E-state index contributed by atoms with van der Waals surface area (Å²) >= 11 is 0. The maximum Gasteiger partial charge on any atom is 0.277 e. The van der Waals surface area contributed by atoms with Crippen molar-refractivity contribution in [1.82, 2.24) is 19.3 Å². The maximum absolute atomic E-state index is 11.8. The van der Waals surface area contributed by atoms with Crippen LogP contribution in [0.25, 0.3) is 0 Å². The van der Waals surface area contributed by atoms with Crippen LogP contribution in [-0.4, -0.2) is 31.8 Å². The Labute approximate surface area is 98.2 Å². The van der Waals surface area contributed by atoms with Gasteiger partial charge >= 0.3 is 0 Å². The third-order valence-electron chi connectivity index (χ3n) is 2.21. The topological polar surface area (TPSA) is 90.8 Å². The van der Waals surface area contributed by atoms with Crippen molar-refractivity contribution in [2.75, 3.05) is 11.9 Å². The fourth-order valence-electron chi connectivity index (χ4n) is 1.41. The van der Waals surface area contributed by atoms with E-state index in [1.54, 1.807) is 41.1 Å². The Bertz CT molecular complexity index is 514. The molecular weight excluding hydrogens is 220 g/mol. The second kappa shape index (κ2) is 4.79. The molecule has 0 unspecified atom stereocenters.